The van der Waals surface area contributed by atoms with Crippen LogP contribution in [-0.2, 0) is 4.79 Å². The van der Waals surface area contributed by atoms with Crippen LogP contribution < -0.4 is 10.7 Å². The van der Waals surface area contributed by atoms with E-state index in [9.17, 15) is 14.4 Å². The normalized spacial score (nSPS) is 20.5. The first kappa shape index (κ1) is 16.8. The van der Waals surface area contributed by atoms with Gasteiger partial charge in [-0.05, 0) is 25.0 Å². The molecule has 2 fully saturated rings. The number of para-hydroxylation sites is 1. The summed E-state index contributed by atoms with van der Waals surface area (Å²) < 4.78 is 0. The van der Waals surface area contributed by atoms with Crippen LogP contribution in [0.25, 0.3) is 10.9 Å². The summed E-state index contributed by atoms with van der Waals surface area (Å²) in [5.74, 6) is -0.307. The zero-order chi connectivity index (χ0) is 18.1. The van der Waals surface area contributed by atoms with Gasteiger partial charge in [0.2, 0.25) is 5.91 Å². The number of pyridine rings is 1. The highest BCUT2D eigenvalue weighted by atomic mass is 16.2. The summed E-state index contributed by atoms with van der Waals surface area (Å²) in [5.41, 5.74) is 0.663. The van der Waals surface area contributed by atoms with Gasteiger partial charge in [-0.15, -0.1) is 0 Å². The first-order valence-electron chi connectivity index (χ1n) is 9.08. The van der Waals surface area contributed by atoms with Crippen molar-refractivity contribution in [2.24, 2.45) is 0 Å². The lowest BCUT2D eigenvalue weighted by Gasteiger charge is -2.37. The number of aromatic nitrogens is 1. The van der Waals surface area contributed by atoms with Crippen LogP contribution in [-0.4, -0.2) is 65.4 Å². The molecule has 2 aromatic rings. The maximum atomic E-state index is 13.1. The van der Waals surface area contributed by atoms with Crippen LogP contribution in [0.2, 0.25) is 0 Å². The molecule has 2 N–H and O–H groups in total. The fourth-order valence-electron chi connectivity index (χ4n) is 3.78. The third-order valence-electron chi connectivity index (χ3n) is 5.17. The lowest BCUT2D eigenvalue weighted by Crippen LogP contribution is -2.60. The van der Waals surface area contributed by atoms with Crippen LogP contribution in [0.1, 0.15) is 23.3 Å². The number of amides is 2. The van der Waals surface area contributed by atoms with E-state index in [0.29, 0.717) is 30.5 Å². The Kier molecular flexibility index (Phi) is 4.46. The van der Waals surface area contributed by atoms with Gasteiger partial charge in [0.15, 0.2) is 5.43 Å². The number of rotatable bonds is 2. The molecular formula is C19H22N4O3. The van der Waals surface area contributed by atoms with E-state index in [1.165, 1.54) is 6.07 Å². The van der Waals surface area contributed by atoms with E-state index in [4.69, 9.17) is 0 Å². The summed E-state index contributed by atoms with van der Waals surface area (Å²) in [6.07, 6.45) is 2.02. The van der Waals surface area contributed by atoms with Gasteiger partial charge in [-0.3, -0.25) is 14.4 Å². The standard InChI is InChI=1S/C19H22N4O3/c24-17-11-15(21-14-6-2-1-5-13(14)17)18(25)23-10-7-20-12-16(23)19(26)22-8-3-4-9-22/h1-2,5-6,11,16,20H,3-4,7-10,12H2,(H,21,24). The van der Waals surface area contributed by atoms with Gasteiger partial charge in [-0.1, -0.05) is 12.1 Å². The number of piperazine rings is 1. The first-order chi connectivity index (χ1) is 12.6. The molecular weight excluding hydrogens is 332 g/mol. The zero-order valence-electron chi connectivity index (χ0n) is 14.5. The van der Waals surface area contributed by atoms with Crippen LogP contribution in [0.4, 0.5) is 0 Å². The number of fused-ring (bicyclic) bond motifs is 1. The highest BCUT2D eigenvalue weighted by Gasteiger charge is 2.36. The second-order valence-electron chi connectivity index (χ2n) is 6.84. The monoisotopic (exact) mass is 354 g/mol. The van der Waals surface area contributed by atoms with Gasteiger partial charge in [0.05, 0.1) is 0 Å². The number of nitrogens with one attached hydrogen (secondary N) is 2. The lowest BCUT2D eigenvalue weighted by molar-refractivity contribution is -0.135. The summed E-state index contributed by atoms with van der Waals surface area (Å²) in [7, 11) is 0. The number of benzene rings is 1. The average molecular weight is 354 g/mol. The molecule has 3 heterocycles. The highest BCUT2D eigenvalue weighted by molar-refractivity contribution is 5.98. The Morgan fingerprint density at radius 2 is 1.85 bits per heavy atom. The van der Waals surface area contributed by atoms with Crippen molar-refractivity contribution in [3.05, 3.63) is 46.2 Å². The predicted molar refractivity (Wildman–Crippen MR) is 98.1 cm³/mol. The molecule has 1 aromatic heterocycles. The van der Waals surface area contributed by atoms with Crippen molar-refractivity contribution in [2.45, 2.75) is 18.9 Å². The second-order valence-corrected chi connectivity index (χ2v) is 6.84. The Bertz CT molecular complexity index is 901. The third-order valence-corrected chi connectivity index (χ3v) is 5.17. The minimum Gasteiger partial charge on any atom is -0.350 e. The van der Waals surface area contributed by atoms with Crippen LogP contribution in [0, 0.1) is 0 Å². The molecule has 2 saturated heterocycles. The molecule has 0 bridgehead atoms. The molecule has 0 radical (unpaired) electrons. The minimum absolute atomic E-state index is 0.00816. The molecule has 0 aliphatic carbocycles. The molecule has 2 aliphatic heterocycles. The zero-order valence-corrected chi connectivity index (χ0v) is 14.5. The van der Waals surface area contributed by atoms with E-state index in [0.717, 1.165) is 25.9 Å². The molecule has 2 aliphatic rings. The van der Waals surface area contributed by atoms with Gasteiger partial charge in [0, 0.05) is 49.7 Å². The summed E-state index contributed by atoms with van der Waals surface area (Å²) >= 11 is 0. The van der Waals surface area contributed by atoms with Gasteiger partial charge >= 0.3 is 0 Å². The molecule has 26 heavy (non-hydrogen) atoms. The number of hydrogen-bond donors (Lipinski definition) is 2. The fourth-order valence-corrected chi connectivity index (χ4v) is 3.78. The van der Waals surface area contributed by atoms with Crippen molar-refractivity contribution in [3.8, 4) is 0 Å². The number of carbonyl (C=O) groups excluding carboxylic acids is 2. The molecule has 1 atom stereocenters. The molecule has 0 spiro atoms. The van der Waals surface area contributed by atoms with Gasteiger partial charge in [-0.25, -0.2) is 0 Å². The first-order valence-corrected chi connectivity index (χ1v) is 9.08. The van der Waals surface area contributed by atoms with E-state index < -0.39 is 6.04 Å². The Balaban J connectivity index is 1.65. The SMILES string of the molecule is O=C(C1CNCCN1C(=O)c1cc(=O)c2ccccc2[nH]1)N1CCCC1. The molecule has 0 saturated carbocycles. The maximum Gasteiger partial charge on any atom is 0.271 e. The Morgan fingerprint density at radius 3 is 2.65 bits per heavy atom. The van der Waals surface area contributed by atoms with E-state index in [2.05, 4.69) is 10.3 Å². The summed E-state index contributed by atoms with van der Waals surface area (Å²) in [6, 6.07) is 7.93. The van der Waals surface area contributed by atoms with Gasteiger partial charge in [0.25, 0.3) is 5.91 Å². The highest BCUT2D eigenvalue weighted by Crippen LogP contribution is 2.16. The largest absolute Gasteiger partial charge is 0.350 e. The number of likely N-dealkylation sites (tertiary alicyclic amines) is 1. The van der Waals surface area contributed by atoms with Crippen LogP contribution >= 0.6 is 0 Å². The smallest absolute Gasteiger partial charge is 0.271 e. The topological polar surface area (TPSA) is 85.5 Å². The van der Waals surface area contributed by atoms with E-state index >= 15 is 0 Å². The third kappa shape index (κ3) is 2.99. The summed E-state index contributed by atoms with van der Waals surface area (Å²) in [6.45, 7) is 3.03. The average Bonchev–Trinajstić information content (AvgIpc) is 3.21. The Hall–Kier alpha value is -2.67. The quantitative estimate of drug-likeness (QED) is 0.825. The predicted octanol–water partition coefficient (Wildman–Crippen LogP) is 0.565. The Labute approximate surface area is 151 Å². The number of aromatic amines is 1. The number of carbonyl (C=O) groups is 2. The van der Waals surface area contributed by atoms with Crippen LogP contribution in [0.3, 0.4) is 0 Å². The van der Waals surface area contributed by atoms with Crippen molar-refractivity contribution in [3.63, 3.8) is 0 Å². The minimum atomic E-state index is -0.524. The van der Waals surface area contributed by atoms with Crippen molar-refractivity contribution in [1.82, 2.24) is 20.1 Å². The fraction of sp³-hybridized carbons (Fsp3) is 0.421. The molecule has 1 aromatic carbocycles. The second kappa shape index (κ2) is 6.92. The van der Waals surface area contributed by atoms with E-state index in [-0.39, 0.29) is 22.9 Å². The molecule has 7 heteroatoms. The van der Waals surface area contributed by atoms with Gasteiger partial charge in [-0.2, -0.15) is 0 Å². The summed E-state index contributed by atoms with van der Waals surface area (Å²) in [4.78, 5) is 44.7. The van der Waals surface area contributed by atoms with Crippen molar-refractivity contribution >= 4 is 22.7 Å². The molecule has 136 valence electrons. The van der Waals surface area contributed by atoms with Crippen molar-refractivity contribution < 1.29 is 9.59 Å². The van der Waals surface area contributed by atoms with Crippen LogP contribution in [0.15, 0.2) is 35.1 Å². The molecule has 4 rings (SSSR count). The van der Waals surface area contributed by atoms with Gasteiger partial charge < -0.3 is 20.1 Å². The number of H-pyrrole nitrogens is 1. The van der Waals surface area contributed by atoms with Crippen molar-refractivity contribution in [2.75, 3.05) is 32.7 Å². The molecule has 2 amide bonds. The molecule has 1 unspecified atom stereocenters. The van der Waals surface area contributed by atoms with Gasteiger partial charge in [0.1, 0.15) is 11.7 Å². The lowest BCUT2D eigenvalue weighted by atomic mass is 10.1. The number of nitrogens with zero attached hydrogens (tertiary/aromatic N) is 2. The molecule has 7 nitrogen and oxygen atoms in total. The number of hydrogen-bond acceptors (Lipinski definition) is 4. The summed E-state index contributed by atoms with van der Waals surface area (Å²) in [5, 5.41) is 3.75. The Morgan fingerprint density at radius 1 is 1.08 bits per heavy atom. The maximum absolute atomic E-state index is 13.1. The van der Waals surface area contributed by atoms with E-state index in [1.54, 1.807) is 23.1 Å². The van der Waals surface area contributed by atoms with Crippen LogP contribution in [0.5, 0.6) is 0 Å². The van der Waals surface area contributed by atoms with Crippen molar-refractivity contribution in [1.29, 1.82) is 0 Å². The van der Waals surface area contributed by atoms with E-state index in [1.807, 2.05) is 11.0 Å².